The number of halogens is 1. The van der Waals surface area contributed by atoms with Crippen molar-refractivity contribution in [1.29, 1.82) is 0 Å². The van der Waals surface area contributed by atoms with Crippen LogP contribution in [0.3, 0.4) is 0 Å². The molecule has 1 aromatic rings. The minimum atomic E-state index is 0.276. The molecule has 0 aliphatic heterocycles. The second-order valence-corrected chi connectivity index (χ2v) is 5.53. The molecular weight excluding hydrogens is 264 g/mol. The van der Waals surface area contributed by atoms with Crippen LogP contribution in [0.5, 0.6) is 0 Å². The molecule has 0 aromatic heterocycles. The number of ether oxygens (including phenoxy) is 1. The van der Waals surface area contributed by atoms with Crippen molar-refractivity contribution in [3.8, 4) is 0 Å². The topological polar surface area (TPSA) is 9.23 Å². The number of methoxy groups -OCH3 is 1. The maximum Gasteiger partial charge on any atom is 0.0849 e. The lowest BCUT2D eigenvalue weighted by Crippen LogP contribution is -2.17. The van der Waals surface area contributed by atoms with Gasteiger partial charge < -0.3 is 4.74 Å². The van der Waals surface area contributed by atoms with E-state index in [9.17, 15) is 0 Å². The van der Waals surface area contributed by atoms with Gasteiger partial charge in [0, 0.05) is 11.6 Å². The molecule has 2 heteroatoms. The van der Waals surface area contributed by atoms with Gasteiger partial charge >= 0.3 is 0 Å². The van der Waals surface area contributed by atoms with Crippen molar-refractivity contribution in [3.63, 3.8) is 0 Å². The summed E-state index contributed by atoms with van der Waals surface area (Å²) < 4.78 is 6.85. The fourth-order valence-corrected chi connectivity index (χ4v) is 3.14. The van der Waals surface area contributed by atoms with E-state index in [1.54, 1.807) is 0 Å². The molecule has 0 saturated heterocycles. The third-order valence-electron chi connectivity index (χ3n) is 3.51. The summed E-state index contributed by atoms with van der Waals surface area (Å²) in [5.41, 5.74) is 1.31. The standard InChI is InChI=1S/C14H19BrO/c1-16-14(11-6-3-2-4-7-11)12-8-5-9-13(15)10-12/h5,8-11,14H,2-4,6-7H2,1H3. The van der Waals surface area contributed by atoms with E-state index in [4.69, 9.17) is 4.74 Å². The highest BCUT2D eigenvalue weighted by Gasteiger charge is 2.24. The van der Waals surface area contributed by atoms with Gasteiger partial charge in [0.15, 0.2) is 0 Å². The summed E-state index contributed by atoms with van der Waals surface area (Å²) in [4.78, 5) is 0. The smallest absolute Gasteiger partial charge is 0.0849 e. The van der Waals surface area contributed by atoms with Crippen LogP contribution in [0, 0.1) is 5.92 Å². The molecule has 0 radical (unpaired) electrons. The minimum absolute atomic E-state index is 0.276. The van der Waals surface area contributed by atoms with Crippen molar-refractivity contribution in [2.45, 2.75) is 38.2 Å². The Balaban J connectivity index is 2.14. The molecule has 0 heterocycles. The minimum Gasteiger partial charge on any atom is -0.376 e. The molecule has 0 bridgehead atoms. The Labute approximate surface area is 106 Å². The Morgan fingerprint density at radius 3 is 2.62 bits per heavy atom. The maximum absolute atomic E-state index is 5.71. The molecule has 1 nitrogen and oxygen atoms in total. The third-order valence-corrected chi connectivity index (χ3v) is 4.00. The van der Waals surface area contributed by atoms with Crippen LogP contribution in [0.4, 0.5) is 0 Å². The molecule has 1 aliphatic carbocycles. The van der Waals surface area contributed by atoms with Gasteiger partial charge in [-0.15, -0.1) is 0 Å². The zero-order chi connectivity index (χ0) is 11.4. The van der Waals surface area contributed by atoms with Crippen LogP contribution in [0.25, 0.3) is 0 Å². The Morgan fingerprint density at radius 1 is 1.25 bits per heavy atom. The van der Waals surface area contributed by atoms with E-state index in [-0.39, 0.29) is 6.10 Å². The van der Waals surface area contributed by atoms with Crippen LogP contribution >= 0.6 is 15.9 Å². The highest BCUT2D eigenvalue weighted by Crippen LogP contribution is 2.36. The van der Waals surface area contributed by atoms with Gasteiger partial charge in [-0.1, -0.05) is 47.3 Å². The van der Waals surface area contributed by atoms with Crippen molar-refractivity contribution in [2.24, 2.45) is 5.92 Å². The van der Waals surface area contributed by atoms with Gasteiger partial charge in [0.2, 0.25) is 0 Å². The number of benzene rings is 1. The molecule has 0 spiro atoms. The highest BCUT2D eigenvalue weighted by atomic mass is 79.9. The normalized spacial score (nSPS) is 19.6. The largest absolute Gasteiger partial charge is 0.376 e. The van der Waals surface area contributed by atoms with E-state index in [2.05, 4.69) is 40.2 Å². The van der Waals surface area contributed by atoms with Crippen LogP contribution in [0.15, 0.2) is 28.7 Å². The molecule has 1 aliphatic rings. The molecule has 1 atom stereocenters. The lowest BCUT2D eigenvalue weighted by atomic mass is 9.82. The second kappa shape index (κ2) is 5.83. The molecule has 0 amide bonds. The summed E-state index contributed by atoms with van der Waals surface area (Å²) in [7, 11) is 1.83. The summed E-state index contributed by atoms with van der Waals surface area (Å²) >= 11 is 3.53. The zero-order valence-corrected chi connectivity index (χ0v) is 11.4. The first-order chi connectivity index (χ1) is 7.81. The van der Waals surface area contributed by atoms with E-state index in [1.807, 2.05) is 7.11 Å². The van der Waals surface area contributed by atoms with E-state index >= 15 is 0 Å². The zero-order valence-electron chi connectivity index (χ0n) is 9.79. The number of hydrogen-bond acceptors (Lipinski definition) is 1. The second-order valence-electron chi connectivity index (χ2n) is 4.61. The SMILES string of the molecule is COC(c1cccc(Br)c1)C1CCCCC1. The van der Waals surface area contributed by atoms with Crippen LogP contribution < -0.4 is 0 Å². The Morgan fingerprint density at radius 2 is 2.00 bits per heavy atom. The van der Waals surface area contributed by atoms with Gasteiger partial charge in [-0.3, -0.25) is 0 Å². The third kappa shape index (κ3) is 2.86. The predicted octanol–water partition coefficient (Wildman–Crippen LogP) is 4.72. The molecule has 16 heavy (non-hydrogen) atoms. The van der Waals surface area contributed by atoms with E-state index in [1.165, 1.54) is 37.7 Å². The van der Waals surface area contributed by atoms with Crippen molar-refractivity contribution in [2.75, 3.05) is 7.11 Å². The molecule has 0 N–H and O–H groups in total. The lowest BCUT2D eigenvalue weighted by molar-refractivity contribution is 0.0354. The van der Waals surface area contributed by atoms with Crippen LogP contribution in [0.2, 0.25) is 0 Å². The monoisotopic (exact) mass is 282 g/mol. The lowest BCUT2D eigenvalue weighted by Gasteiger charge is -2.29. The molecule has 1 unspecified atom stereocenters. The molecule has 1 aromatic carbocycles. The molecule has 88 valence electrons. The molecule has 1 fully saturated rings. The van der Waals surface area contributed by atoms with Crippen molar-refractivity contribution >= 4 is 15.9 Å². The van der Waals surface area contributed by atoms with Gasteiger partial charge in [0.1, 0.15) is 0 Å². The van der Waals surface area contributed by atoms with Crippen LogP contribution in [-0.2, 0) is 4.74 Å². The first-order valence-electron chi connectivity index (χ1n) is 6.09. The van der Waals surface area contributed by atoms with Gasteiger partial charge in [0.05, 0.1) is 6.10 Å². The van der Waals surface area contributed by atoms with E-state index in [0.29, 0.717) is 5.92 Å². The van der Waals surface area contributed by atoms with Gasteiger partial charge in [-0.2, -0.15) is 0 Å². The average molecular weight is 283 g/mol. The van der Waals surface area contributed by atoms with Gasteiger partial charge in [-0.05, 0) is 36.5 Å². The highest BCUT2D eigenvalue weighted by molar-refractivity contribution is 9.10. The first kappa shape index (κ1) is 12.1. The summed E-state index contributed by atoms with van der Waals surface area (Å²) in [5, 5.41) is 0. The molecular formula is C14H19BrO. The average Bonchev–Trinajstić information content (AvgIpc) is 2.31. The maximum atomic E-state index is 5.71. The van der Waals surface area contributed by atoms with Crippen molar-refractivity contribution in [1.82, 2.24) is 0 Å². The van der Waals surface area contributed by atoms with Gasteiger partial charge in [-0.25, -0.2) is 0 Å². The Bertz CT molecular complexity index is 331. The molecule has 1 saturated carbocycles. The Kier molecular flexibility index (Phi) is 4.42. The van der Waals surface area contributed by atoms with Crippen molar-refractivity contribution < 1.29 is 4.74 Å². The summed E-state index contributed by atoms with van der Waals surface area (Å²) in [6.07, 6.45) is 7.01. The predicted molar refractivity (Wildman–Crippen MR) is 70.5 cm³/mol. The summed E-state index contributed by atoms with van der Waals surface area (Å²) in [6, 6.07) is 8.52. The fraction of sp³-hybridized carbons (Fsp3) is 0.571. The Hall–Kier alpha value is -0.340. The number of hydrogen-bond donors (Lipinski definition) is 0. The fourth-order valence-electron chi connectivity index (χ4n) is 2.72. The van der Waals surface area contributed by atoms with E-state index in [0.717, 1.165) is 4.47 Å². The van der Waals surface area contributed by atoms with E-state index < -0.39 is 0 Å². The number of rotatable bonds is 3. The van der Waals surface area contributed by atoms with Crippen LogP contribution in [-0.4, -0.2) is 7.11 Å². The first-order valence-corrected chi connectivity index (χ1v) is 6.89. The van der Waals surface area contributed by atoms with Crippen molar-refractivity contribution in [3.05, 3.63) is 34.3 Å². The summed E-state index contributed by atoms with van der Waals surface area (Å²) in [5.74, 6) is 0.702. The quantitative estimate of drug-likeness (QED) is 0.780. The summed E-state index contributed by atoms with van der Waals surface area (Å²) in [6.45, 7) is 0. The van der Waals surface area contributed by atoms with Crippen LogP contribution in [0.1, 0.15) is 43.8 Å². The molecule has 2 rings (SSSR count). The van der Waals surface area contributed by atoms with Gasteiger partial charge in [0.25, 0.3) is 0 Å².